The minimum absolute atomic E-state index is 0.365. The quantitative estimate of drug-likeness (QED) is 0.706. The number of aliphatic carboxylic acids is 1. The summed E-state index contributed by atoms with van der Waals surface area (Å²) < 4.78 is 0. The molecule has 3 N–H and O–H groups in total. The van der Waals surface area contributed by atoms with Gasteiger partial charge in [0.05, 0.1) is 6.10 Å². The highest BCUT2D eigenvalue weighted by Gasteiger charge is 2.08. The first-order chi connectivity index (χ1) is 10.6. The molecule has 1 unspecified atom stereocenters. The number of aliphatic hydroxyl groups excluding tert-OH is 1. The SMILES string of the molecule is CC(O)CNc1nccnc1-c1cccc(/C=C/C(=O)O)c1. The molecule has 6 nitrogen and oxygen atoms in total. The lowest BCUT2D eigenvalue weighted by Crippen LogP contribution is -2.16. The van der Waals surface area contributed by atoms with Gasteiger partial charge in [0, 0.05) is 30.6 Å². The summed E-state index contributed by atoms with van der Waals surface area (Å²) >= 11 is 0. The molecule has 0 aliphatic carbocycles. The second-order valence-corrected chi connectivity index (χ2v) is 4.78. The molecule has 0 aliphatic rings. The van der Waals surface area contributed by atoms with Crippen LogP contribution in [0.4, 0.5) is 5.82 Å². The standard InChI is InChI=1S/C16H17N3O3/c1-11(20)10-19-16-15(17-7-8-18-16)13-4-2-3-12(9-13)5-6-14(21)22/h2-9,11,20H,10H2,1H3,(H,18,19)(H,21,22)/b6-5+. The van der Waals surface area contributed by atoms with Gasteiger partial charge in [-0.05, 0) is 24.6 Å². The molecule has 0 spiro atoms. The number of anilines is 1. The highest BCUT2D eigenvalue weighted by atomic mass is 16.4. The Hall–Kier alpha value is -2.73. The van der Waals surface area contributed by atoms with Crippen molar-refractivity contribution in [1.29, 1.82) is 0 Å². The first-order valence-corrected chi connectivity index (χ1v) is 6.80. The summed E-state index contributed by atoms with van der Waals surface area (Å²) in [6.07, 6.45) is 5.26. The number of aromatic nitrogens is 2. The molecule has 1 atom stereocenters. The van der Waals surface area contributed by atoms with Crippen LogP contribution in [-0.4, -0.2) is 38.8 Å². The Labute approximate surface area is 128 Å². The lowest BCUT2D eigenvalue weighted by atomic mass is 10.1. The number of nitrogens with zero attached hydrogens (tertiary/aromatic N) is 2. The molecular weight excluding hydrogens is 282 g/mol. The molecule has 1 heterocycles. The van der Waals surface area contributed by atoms with Crippen LogP contribution in [0.3, 0.4) is 0 Å². The lowest BCUT2D eigenvalue weighted by molar-refractivity contribution is -0.131. The van der Waals surface area contributed by atoms with Gasteiger partial charge in [-0.25, -0.2) is 9.78 Å². The molecule has 2 rings (SSSR count). The number of carbonyl (C=O) groups is 1. The van der Waals surface area contributed by atoms with E-state index in [0.29, 0.717) is 18.1 Å². The van der Waals surface area contributed by atoms with Crippen molar-refractivity contribution in [2.75, 3.05) is 11.9 Å². The smallest absolute Gasteiger partial charge is 0.328 e. The number of aliphatic hydroxyl groups is 1. The van der Waals surface area contributed by atoms with Gasteiger partial charge < -0.3 is 15.5 Å². The summed E-state index contributed by atoms with van der Waals surface area (Å²) in [5.74, 6) is -0.424. The van der Waals surface area contributed by atoms with Crippen molar-refractivity contribution in [1.82, 2.24) is 9.97 Å². The minimum atomic E-state index is -0.996. The predicted molar refractivity (Wildman–Crippen MR) is 84.3 cm³/mol. The fourth-order valence-corrected chi connectivity index (χ4v) is 1.88. The molecule has 0 aliphatic heterocycles. The number of carboxylic acids is 1. The molecule has 0 amide bonds. The number of hydrogen-bond donors (Lipinski definition) is 3. The zero-order chi connectivity index (χ0) is 15.9. The van der Waals surface area contributed by atoms with Crippen molar-refractivity contribution >= 4 is 17.9 Å². The number of nitrogens with one attached hydrogen (secondary N) is 1. The topological polar surface area (TPSA) is 95.3 Å². The van der Waals surface area contributed by atoms with E-state index in [2.05, 4.69) is 15.3 Å². The fraction of sp³-hybridized carbons (Fsp3) is 0.188. The summed E-state index contributed by atoms with van der Waals surface area (Å²) in [5, 5.41) is 21.1. The molecule has 22 heavy (non-hydrogen) atoms. The molecule has 1 aromatic heterocycles. The van der Waals surface area contributed by atoms with Crippen molar-refractivity contribution in [3.63, 3.8) is 0 Å². The van der Waals surface area contributed by atoms with E-state index in [9.17, 15) is 9.90 Å². The van der Waals surface area contributed by atoms with Gasteiger partial charge in [0.25, 0.3) is 0 Å². The normalized spacial score (nSPS) is 12.3. The Morgan fingerprint density at radius 3 is 2.86 bits per heavy atom. The Kier molecular flexibility index (Phi) is 5.21. The van der Waals surface area contributed by atoms with Gasteiger partial charge in [-0.15, -0.1) is 0 Å². The highest BCUT2D eigenvalue weighted by Crippen LogP contribution is 2.24. The van der Waals surface area contributed by atoms with E-state index >= 15 is 0 Å². The zero-order valence-electron chi connectivity index (χ0n) is 12.1. The van der Waals surface area contributed by atoms with E-state index in [0.717, 1.165) is 17.2 Å². The van der Waals surface area contributed by atoms with Crippen LogP contribution in [0.1, 0.15) is 12.5 Å². The lowest BCUT2D eigenvalue weighted by Gasteiger charge is -2.11. The Morgan fingerprint density at radius 1 is 1.36 bits per heavy atom. The molecule has 2 aromatic rings. The van der Waals surface area contributed by atoms with Crippen LogP contribution in [0.2, 0.25) is 0 Å². The fourth-order valence-electron chi connectivity index (χ4n) is 1.88. The molecular formula is C16H17N3O3. The van der Waals surface area contributed by atoms with Gasteiger partial charge in [-0.2, -0.15) is 0 Å². The van der Waals surface area contributed by atoms with E-state index in [-0.39, 0.29) is 0 Å². The van der Waals surface area contributed by atoms with Crippen molar-refractivity contribution in [2.24, 2.45) is 0 Å². The third-order valence-electron chi connectivity index (χ3n) is 2.84. The van der Waals surface area contributed by atoms with E-state index < -0.39 is 12.1 Å². The van der Waals surface area contributed by atoms with Crippen molar-refractivity contribution in [3.05, 3.63) is 48.3 Å². The maximum atomic E-state index is 10.6. The van der Waals surface area contributed by atoms with Gasteiger partial charge in [0.1, 0.15) is 5.69 Å². The predicted octanol–water partition coefficient (Wildman–Crippen LogP) is 2.03. The second-order valence-electron chi connectivity index (χ2n) is 4.78. The first-order valence-electron chi connectivity index (χ1n) is 6.80. The monoisotopic (exact) mass is 299 g/mol. The van der Waals surface area contributed by atoms with E-state index in [1.807, 2.05) is 24.3 Å². The third-order valence-corrected chi connectivity index (χ3v) is 2.84. The van der Waals surface area contributed by atoms with Crippen LogP contribution >= 0.6 is 0 Å². The zero-order valence-corrected chi connectivity index (χ0v) is 12.1. The Bertz CT molecular complexity index is 684. The van der Waals surface area contributed by atoms with E-state index in [1.54, 1.807) is 19.3 Å². The van der Waals surface area contributed by atoms with Crippen molar-refractivity contribution in [3.8, 4) is 11.3 Å². The van der Waals surface area contributed by atoms with E-state index in [1.165, 1.54) is 6.08 Å². The summed E-state index contributed by atoms with van der Waals surface area (Å²) in [7, 11) is 0. The number of benzene rings is 1. The summed E-state index contributed by atoms with van der Waals surface area (Å²) in [5.41, 5.74) is 2.22. The third kappa shape index (κ3) is 4.39. The molecule has 6 heteroatoms. The van der Waals surface area contributed by atoms with Crippen LogP contribution in [-0.2, 0) is 4.79 Å². The Morgan fingerprint density at radius 2 is 2.14 bits per heavy atom. The molecule has 0 radical (unpaired) electrons. The van der Waals surface area contributed by atoms with Crippen molar-refractivity contribution < 1.29 is 15.0 Å². The number of hydrogen-bond acceptors (Lipinski definition) is 5. The molecule has 0 saturated heterocycles. The first kappa shape index (κ1) is 15.7. The molecule has 0 saturated carbocycles. The van der Waals surface area contributed by atoms with Crippen LogP contribution in [0.25, 0.3) is 17.3 Å². The molecule has 0 fully saturated rings. The van der Waals surface area contributed by atoms with E-state index in [4.69, 9.17) is 5.11 Å². The molecule has 1 aromatic carbocycles. The summed E-state index contributed by atoms with van der Waals surface area (Å²) in [6, 6.07) is 7.33. The number of rotatable bonds is 6. The largest absolute Gasteiger partial charge is 0.478 e. The van der Waals surface area contributed by atoms with Crippen molar-refractivity contribution in [2.45, 2.75) is 13.0 Å². The Balaban J connectivity index is 2.31. The van der Waals surface area contributed by atoms with Crippen LogP contribution in [0.15, 0.2) is 42.7 Å². The maximum Gasteiger partial charge on any atom is 0.328 e. The van der Waals surface area contributed by atoms with Crippen LogP contribution < -0.4 is 5.32 Å². The van der Waals surface area contributed by atoms with Crippen LogP contribution in [0, 0.1) is 0 Å². The maximum absolute atomic E-state index is 10.6. The highest BCUT2D eigenvalue weighted by molar-refractivity contribution is 5.85. The summed E-state index contributed by atoms with van der Waals surface area (Å²) in [4.78, 5) is 19.1. The molecule has 114 valence electrons. The number of carboxylic acid groups (broad SMARTS) is 1. The average molecular weight is 299 g/mol. The van der Waals surface area contributed by atoms with Crippen LogP contribution in [0.5, 0.6) is 0 Å². The minimum Gasteiger partial charge on any atom is -0.478 e. The van der Waals surface area contributed by atoms with Gasteiger partial charge in [-0.1, -0.05) is 18.2 Å². The summed E-state index contributed by atoms with van der Waals surface area (Å²) in [6.45, 7) is 2.05. The van der Waals surface area contributed by atoms with Gasteiger partial charge >= 0.3 is 5.97 Å². The van der Waals surface area contributed by atoms with Gasteiger partial charge in [-0.3, -0.25) is 4.98 Å². The van der Waals surface area contributed by atoms with Gasteiger partial charge in [0.15, 0.2) is 5.82 Å². The second kappa shape index (κ2) is 7.33. The van der Waals surface area contributed by atoms with Gasteiger partial charge in [0.2, 0.25) is 0 Å². The molecule has 0 bridgehead atoms. The average Bonchev–Trinajstić information content (AvgIpc) is 2.51.